The van der Waals surface area contributed by atoms with Crippen molar-refractivity contribution in [2.45, 2.75) is 32.3 Å². The number of rotatable bonds is 7. The highest BCUT2D eigenvalue weighted by molar-refractivity contribution is 7.64. The molecule has 174 valence electrons. The smallest absolute Gasteiger partial charge is 0.308 e. The second-order valence-electron chi connectivity index (χ2n) is 7.96. The number of halogens is 1. The topological polar surface area (TPSA) is 77.2 Å². The van der Waals surface area contributed by atoms with Crippen LogP contribution in [0.25, 0.3) is 16.8 Å². The quantitative estimate of drug-likeness (QED) is 0.297. The van der Waals surface area contributed by atoms with Gasteiger partial charge in [-0.05, 0) is 59.1 Å². The maximum Gasteiger partial charge on any atom is 0.308 e. The molecule has 2 atom stereocenters. The highest BCUT2D eigenvalue weighted by Crippen LogP contribution is 2.46. The van der Waals surface area contributed by atoms with Gasteiger partial charge >= 0.3 is 5.97 Å². The summed E-state index contributed by atoms with van der Waals surface area (Å²) >= 11 is 0. The van der Waals surface area contributed by atoms with Gasteiger partial charge in [0.05, 0.1) is 42.6 Å². The van der Waals surface area contributed by atoms with Crippen molar-refractivity contribution in [3.63, 3.8) is 0 Å². The van der Waals surface area contributed by atoms with E-state index in [1.54, 1.807) is 12.1 Å². The lowest BCUT2D eigenvalue weighted by atomic mass is 9.97. The number of aromatic nitrogens is 1. The number of carbonyl (C=O) groups is 1. The molecule has 0 aliphatic heterocycles. The molecule has 0 saturated heterocycles. The Labute approximate surface area is 192 Å². The number of esters is 1. The van der Waals surface area contributed by atoms with Gasteiger partial charge in [0.2, 0.25) is 0 Å². The van der Waals surface area contributed by atoms with Gasteiger partial charge in [-0.3, -0.25) is 9.36 Å². The van der Waals surface area contributed by atoms with Crippen LogP contribution in [0.1, 0.15) is 37.3 Å². The van der Waals surface area contributed by atoms with Gasteiger partial charge in [-0.15, -0.1) is 0 Å². The van der Waals surface area contributed by atoms with Crippen LogP contribution in [0.15, 0.2) is 48.7 Å². The maximum atomic E-state index is 13.6. The van der Waals surface area contributed by atoms with Crippen LogP contribution in [-0.4, -0.2) is 42.0 Å². The molecule has 1 N–H and O–H groups in total. The molecule has 33 heavy (non-hydrogen) atoms. The number of pyridine rings is 1. The molecule has 0 spiro atoms. The third-order valence-corrected chi connectivity index (χ3v) is 7.25. The summed E-state index contributed by atoms with van der Waals surface area (Å²) < 4.78 is 38.6. The molecule has 8 heteroatoms. The molecule has 3 rings (SSSR count). The van der Waals surface area contributed by atoms with Crippen LogP contribution in [-0.2, 0) is 18.6 Å². The third kappa shape index (κ3) is 5.54. The van der Waals surface area contributed by atoms with Crippen LogP contribution in [0.3, 0.4) is 0 Å². The van der Waals surface area contributed by atoms with E-state index in [1.807, 2.05) is 42.6 Å². The number of aliphatic hydroxyl groups is 1. The average molecular weight is 471 g/mol. The van der Waals surface area contributed by atoms with Crippen LogP contribution in [0.5, 0.6) is 0 Å². The minimum atomic E-state index is -3.59. The second-order valence-corrected chi connectivity index (χ2v) is 10.3. The molecular weight excluding hydrogens is 444 g/mol. The van der Waals surface area contributed by atoms with Gasteiger partial charge in [0.25, 0.3) is 7.37 Å². The summed E-state index contributed by atoms with van der Waals surface area (Å²) in [6.07, 6.45) is 0.0784. The summed E-state index contributed by atoms with van der Waals surface area (Å²) in [5.74, 6) is 2.18. The molecule has 0 saturated carbocycles. The number of hydrogen-bond donors (Lipinski definition) is 1. The predicted octanol–water partition coefficient (Wildman–Crippen LogP) is 5.03. The number of hydrogen-bond acceptors (Lipinski definition) is 5. The van der Waals surface area contributed by atoms with E-state index in [4.69, 9.17) is 4.52 Å². The van der Waals surface area contributed by atoms with E-state index in [0.29, 0.717) is 5.56 Å². The first-order chi connectivity index (χ1) is 15.7. The summed E-state index contributed by atoms with van der Waals surface area (Å²) in [4.78, 5) is 11.4. The summed E-state index contributed by atoms with van der Waals surface area (Å²) in [6.45, 7) is 4.08. The van der Waals surface area contributed by atoms with Crippen molar-refractivity contribution in [1.82, 2.24) is 4.40 Å². The standard InChI is InChI=1S/C25H27FNO5P/c1-17(2)24-21(12-14-33(30,32-4)16-20(28)15-23(29)31-3)25(18-8-10-19(26)11-9-18)27-13-6-5-7-22(24)27/h5-11,13,17,20,28H,15-16H2,1-4H3/t20-,33?/m0/s1. The minimum Gasteiger partial charge on any atom is -0.469 e. The van der Waals surface area contributed by atoms with E-state index in [-0.39, 0.29) is 24.3 Å². The molecule has 0 aliphatic carbocycles. The van der Waals surface area contributed by atoms with Crippen molar-refractivity contribution in [3.8, 4) is 22.8 Å². The van der Waals surface area contributed by atoms with E-state index in [2.05, 4.69) is 16.3 Å². The van der Waals surface area contributed by atoms with Crippen molar-refractivity contribution in [2.24, 2.45) is 0 Å². The average Bonchev–Trinajstić information content (AvgIpc) is 3.12. The van der Waals surface area contributed by atoms with E-state index >= 15 is 0 Å². The molecule has 2 aromatic heterocycles. The van der Waals surface area contributed by atoms with E-state index in [0.717, 1.165) is 22.3 Å². The van der Waals surface area contributed by atoms with Crippen LogP contribution in [0.4, 0.5) is 4.39 Å². The molecule has 3 aromatic rings. The van der Waals surface area contributed by atoms with E-state index < -0.39 is 19.4 Å². The number of aliphatic hydroxyl groups excluding tert-OH is 1. The Balaban J connectivity index is 2.16. The highest BCUT2D eigenvalue weighted by atomic mass is 31.2. The zero-order valence-corrected chi connectivity index (χ0v) is 19.9. The van der Waals surface area contributed by atoms with Crippen LogP contribution in [0.2, 0.25) is 0 Å². The monoisotopic (exact) mass is 471 g/mol. The van der Waals surface area contributed by atoms with E-state index in [9.17, 15) is 18.9 Å². The Kier molecular flexibility index (Phi) is 7.76. The Morgan fingerprint density at radius 2 is 1.88 bits per heavy atom. The van der Waals surface area contributed by atoms with Gasteiger partial charge in [0, 0.05) is 13.3 Å². The third-order valence-electron chi connectivity index (χ3n) is 5.31. The van der Waals surface area contributed by atoms with Gasteiger partial charge < -0.3 is 18.8 Å². The fourth-order valence-electron chi connectivity index (χ4n) is 3.76. The zero-order chi connectivity index (χ0) is 24.2. The Hall–Kier alpha value is -2.91. The van der Waals surface area contributed by atoms with Crippen LogP contribution >= 0.6 is 7.37 Å². The number of ether oxygens (including phenoxy) is 1. The predicted molar refractivity (Wildman–Crippen MR) is 126 cm³/mol. The number of carbonyl (C=O) groups excluding carboxylic acids is 1. The molecule has 1 aromatic carbocycles. The number of fused-ring (bicyclic) bond motifs is 1. The lowest BCUT2D eigenvalue weighted by Crippen LogP contribution is -2.18. The van der Waals surface area contributed by atoms with Crippen LogP contribution in [0, 0.1) is 17.4 Å². The lowest BCUT2D eigenvalue weighted by Gasteiger charge is -2.14. The van der Waals surface area contributed by atoms with Crippen molar-refractivity contribution < 1.29 is 28.1 Å². The molecule has 0 radical (unpaired) electrons. The first kappa shape index (κ1) is 24.7. The summed E-state index contributed by atoms with van der Waals surface area (Å²) in [7, 11) is -1.11. The minimum absolute atomic E-state index is 0.0905. The first-order valence-electron chi connectivity index (χ1n) is 10.5. The van der Waals surface area contributed by atoms with Crippen molar-refractivity contribution in [2.75, 3.05) is 20.4 Å². The maximum absolute atomic E-state index is 13.6. The summed E-state index contributed by atoms with van der Waals surface area (Å²) in [6, 6.07) is 11.9. The molecule has 1 unspecified atom stereocenters. The fraction of sp³-hybridized carbons (Fsp3) is 0.320. The van der Waals surface area contributed by atoms with Crippen LogP contribution < -0.4 is 0 Å². The molecule has 0 aliphatic rings. The van der Waals surface area contributed by atoms with Crippen molar-refractivity contribution in [1.29, 1.82) is 0 Å². The lowest BCUT2D eigenvalue weighted by molar-refractivity contribution is -0.142. The first-order valence-corrected chi connectivity index (χ1v) is 12.3. The largest absolute Gasteiger partial charge is 0.469 e. The SMILES string of the molecule is COC(=O)C[C@H](O)CP(=O)(C#Cc1c(C(C)C)c2ccccn2c1-c1ccc(F)cc1)OC. The van der Waals surface area contributed by atoms with Gasteiger partial charge in [0.15, 0.2) is 0 Å². The number of nitrogens with zero attached hydrogens (tertiary/aromatic N) is 1. The Morgan fingerprint density at radius 1 is 1.18 bits per heavy atom. The molecule has 6 nitrogen and oxygen atoms in total. The van der Waals surface area contributed by atoms with Crippen molar-refractivity contribution >= 4 is 18.9 Å². The van der Waals surface area contributed by atoms with E-state index in [1.165, 1.54) is 26.4 Å². The Bertz CT molecular complexity index is 1250. The Morgan fingerprint density at radius 3 is 2.48 bits per heavy atom. The molecule has 0 fully saturated rings. The van der Waals surface area contributed by atoms with Gasteiger partial charge in [-0.25, -0.2) is 4.39 Å². The number of benzene rings is 1. The second kappa shape index (κ2) is 10.4. The van der Waals surface area contributed by atoms with Gasteiger partial charge in [-0.1, -0.05) is 25.8 Å². The number of methoxy groups -OCH3 is 1. The normalized spacial score (nSPS) is 13.9. The molecule has 0 bridgehead atoms. The van der Waals surface area contributed by atoms with Gasteiger partial charge in [0.1, 0.15) is 5.82 Å². The molecular formula is C25H27FNO5P. The highest BCUT2D eigenvalue weighted by Gasteiger charge is 2.26. The van der Waals surface area contributed by atoms with Gasteiger partial charge in [-0.2, -0.15) is 0 Å². The zero-order valence-electron chi connectivity index (χ0n) is 19.0. The fourth-order valence-corrected chi connectivity index (χ4v) is 5.06. The molecule has 2 heterocycles. The summed E-state index contributed by atoms with van der Waals surface area (Å²) in [5, 5.41) is 10.2. The van der Waals surface area contributed by atoms with Crippen molar-refractivity contribution in [3.05, 3.63) is 65.6 Å². The summed E-state index contributed by atoms with van der Waals surface area (Å²) in [5.41, 5.74) is 6.80. The molecule has 0 amide bonds.